The summed E-state index contributed by atoms with van der Waals surface area (Å²) in [5, 5.41) is 11.8. The van der Waals surface area contributed by atoms with E-state index in [1.54, 1.807) is 6.07 Å². The van der Waals surface area contributed by atoms with Crippen LogP contribution in [0.4, 0.5) is 5.69 Å². The molecule has 0 aliphatic carbocycles. The molecule has 0 spiro atoms. The molecule has 4 rings (SSSR count). The van der Waals surface area contributed by atoms with Gasteiger partial charge >= 0.3 is 7.60 Å². The normalized spacial score (nSPS) is 18.1. The molecular weight excluding hydrogens is 391 g/mol. The van der Waals surface area contributed by atoms with Crippen LogP contribution in [-0.2, 0) is 11.1 Å². The number of ether oxygens (including phenoxy) is 1. The van der Waals surface area contributed by atoms with Gasteiger partial charge in [0.15, 0.2) is 6.35 Å². The quantitative estimate of drug-likeness (QED) is 0.438. The predicted molar refractivity (Wildman–Crippen MR) is 112 cm³/mol. The lowest BCUT2D eigenvalue weighted by atomic mass is 10.0. The van der Waals surface area contributed by atoms with Crippen LogP contribution in [0, 0.1) is 0 Å². The lowest BCUT2D eigenvalue weighted by Gasteiger charge is -2.33. The van der Waals surface area contributed by atoms with Gasteiger partial charge in [0.25, 0.3) is 0 Å². The van der Waals surface area contributed by atoms with Crippen LogP contribution < -0.4 is 10.1 Å². The highest BCUT2D eigenvalue weighted by atomic mass is 31.2. The van der Waals surface area contributed by atoms with Gasteiger partial charge < -0.3 is 19.8 Å². The average molecular weight is 416 g/mol. The van der Waals surface area contributed by atoms with Crippen LogP contribution in [0.15, 0.2) is 48.7 Å². The van der Waals surface area contributed by atoms with Gasteiger partial charge in [0.1, 0.15) is 5.75 Å². The number of likely N-dealkylation sites (tertiary alicyclic amines) is 1. The van der Waals surface area contributed by atoms with E-state index in [0.29, 0.717) is 11.8 Å². The molecule has 1 aliphatic heterocycles. The van der Waals surface area contributed by atoms with E-state index in [4.69, 9.17) is 14.5 Å². The minimum atomic E-state index is -4.18. The van der Waals surface area contributed by atoms with Crippen molar-refractivity contribution < 1.29 is 19.1 Å². The summed E-state index contributed by atoms with van der Waals surface area (Å²) in [5.74, 6) is 0.478. The fraction of sp³-hybridized carbons (Fsp3) is 0.350. The van der Waals surface area contributed by atoms with E-state index in [1.807, 2.05) is 30.5 Å². The Balaban J connectivity index is 1.35. The Morgan fingerprint density at radius 3 is 3.03 bits per heavy atom. The molecule has 2 aromatic carbocycles. The zero-order valence-electron chi connectivity index (χ0n) is 16.0. The molecule has 8 nitrogen and oxygen atoms in total. The number of piperidine rings is 1. The molecular formula is C20H25N4O4P. The highest BCUT2D eigenvalue weighted by Crippen LogP contribution is 2.34. The number of hydrogen-bond acceptors (Lipinski definition) is 5. The van der Waals surface area contributed by atoms with E-state index < -0.39 is 13.9 Å². The maximum atomic E-state index is 11.0. The molecule has 4 N–H and O–H groups in total. The van der Waals surface area contributed by atoms with Crippen LogP contribution in [0.25, 0.3) is 10.9 Å². The molecule has 3 aromatic rings. The first-order chi connectivity index (χ1) is 13.9. The molecule has 29 heavy (non-hydrogen) atoms. The van der Waals surface area contributed by atoms with Crippen LogP contribution in [0.5, 0.6) is 5.75 Å². The van der Waals surface area contributed by atoms with Gasteiger partial charge in [0, 0.05) is 30.2 Å². The Labute approximate surface area is 169 Å². The first kappa shape index (κ1) is 19.9. The molecule has 1 saturated heterocycles. The number of aromatic nitrogens is 2. The third-order valence-corrected chi connectivity index (χ3v) is 5.49. The second kappa shape index (κ2) is 8.55. The number of H-pyrrole nitrogens is 1. The van der Waals surface area contributed by atoms with Crippen molar-refractivity contribution in [2.75, 3.05) is 24.8 Å². The second-order valence-electron chi connectivity index (χ2n) is 7.48. The smallest absolute Gasteiger partial charge is 0.362 e. The van der Waals surface area contributed by atoms with E-state index in [2.05, 4.69) is 32.5 Å². The van der Waals surface area contributed by atoms with Crippen LogP contribution in [0.1, 0.15) is 18.4 Å². The van der Waals surface area contributed by atoms with Crippen LogP contribution in [-0.4, -0.2) is 50.4 Å². The average Bonchev–Trinajstić information content (AvgIpc) is 3.14. The third-order valence-electron chi connectivity index (χ3n) is 5.02. The summed E-state index contributed by atoms with van der Waals surface area (Å²) in [7, 11) is -4.18. The monoisotopic (exact) mass is 416 g/mol. The van der Waals surface area contributed by atoms with Crippen molar-refractivity contribution >= 4 is 24.2 Å². The number of benzene rings is 2. The van der Waals surface area contributed by atoms with Crippen molar-refractivity contribution in [2.24, 2.45) is 0 Å². The Hall–Kier alpha value is -2.38. The van der Waals surface area contributed by atoms with Crippen LogP contribution >= 0.6 is 7.60 Å². The molecule has 9 heteroatoms. The van der Waals surface area contributed by atoms with Crippen molar-refractivity contribution in [2.45, 2.75) is 25.4 Å². The molecule has 1 aliphatic rings. The number of nitrogens with zero attached hydrogens (tertiary/aromatic N) is 2. The number of fused-ring (bicyclic) bond motifs is 1. The SMILES string of the molecule is O=P(O)(O)COc1cccc(CN2CCCC(Nc3ccc4[nH]ncc4c3)C2)c1. The standard InChI is InChI=1S/C20H25N4O4P/c25-29(26,27)14-28-19-5-1-3-15(9-19)12-24-8-2-4-18(13-24)22-17-6-7-20-16(10-17)11-21-23-20/h1,3,5-7,9-11,18,22H,2,4,8,12-14H2,(H,21,23)(H2,25,26,27). The summed E-state index contributed by atoms with van der Waals surface area (Å²) < 4.78 is 16.2. The van der Waals surface area contributed by atoms with Gasteiger partial charge in [-0.15, -0.1) is 0 Å². The molecule has 154 valence electrons. The fourth-order valence-corrected chi connectivity index (χ4v) is 4.05. The first-order valence-corrected chi connectivity index (χ1v) is 11.4. The van der Waals surface area contributed by atoms with Gasteiger partial charge in [0.2, 0.25) is 0 Å². The molecule has 0 bridgehead atoms. The minimum Gasteiger partial charge on any atom is -0.481 e. The van der Waals surface area contributed by atoms with E-state index in [-0.39, 0.29) is 0 Å². The van der Waals surface area contributed by atoms with Crippen molar-refractivity contribution in [1.82, 2.24) is 15.1 Å². The van der Waals surface area contributed by atoms with Gasteiger partial charge in [-0.05, 0) is 55.3 Å². The van der Waals surface area contributed by atoms with Crippen molar-refractivity contribution in [1.29, 1.82) is 0 Å². The van der Waals surface area contributed by atoms with E-state index in [1.165, 1.54) is 0 Å². The first-order valence-electron chi connectivity index (χ1n) is 9.63. The Morgan fingerprint density at radius 2 is 2.17 bits per heavy atom. The summed E-state index contributed by atoms with van der Waals surface area (Å²) in [4.78, 5) is 20.3. The van der Waals surface area contributed by atoms with Gasteiger partial charge in [-0.25, -0.2) is 0 Å². The van der Waals surface area contributed by atoms with Crippen molar-refractivity contribution in [3.63, 3.8) is 0 Å². The summed E-state index contributed by atoms with van der Waals surface area (Å²) in [5.41, 5.74) is 3.19. The number of rotatable bonds is 7. The Bertz CT molecular complexity index is 1020. The summed E-state index contributed by atoms with van der Waals surface area (Å²) in [6.07, 6.45) is 3.45. The topological polar surface area (TPSA) is 111 Å². The minimum absolute atomic E-state index is 0.363. The van der Waals surface area contributed by atoms with Crippen LogP contribution in [0.2, 0.25) is 0 Å². The zero-order chi connectivity index (χ0) is 20.3. The number of aromatic amines is 1. The highest BCUT2D eigenvalue weighted by Gasteiger charge is 2.20. The van der Waals surface area contributed by atoms with E-state index >= 15 is 0 Å². The molecule has 1 fully saturated rings. The predicted octanol–water partition coefficient (Wildman–Crippen LogP) is 3.15. The van der Waals surface area contributed by atoms with Gasteiger partial charge in [-0.3, -0.25) is 14.6 Å². The lowest BCUT2D eigenvalue weighted by molar-refractivity contribution is 0.208. The fourth-order valence-electron chi connectivity index (χ4n) is 3.74. The molecule has 1 aromatic heterocycles. The Morgan fingerprint density at radius 1 is 1.28 bits per heavy atom. The number of nitrogens with one attached hydrogen (secondary N) is 2. The Kier molecular flexibility index (Phi) is 5.87. The molecule has 0 amide bonds. The van der Waals surface area contributed by atoms with Gasteiger partial charge in [0.05, 0.1) is 11.7 Å². The third kappa shape index (κ3) is 5.58. The van der Waals surface area contributed by atoms with Crippen molar-refractivity contribution in [3.8, 4) is 5.75 Å². The van der Waals surface area contributed by atoms with Crippen LogP contribution in [0.3, 0.4) is 0 Å². The molecule has 1 atom stereocenters. The molecule has 0 saturated carbocycles. The number of hydrogen-bond donors (Lipinski definition) is 4. The van der Waals surface area contributed by atoms with Gasteiger partial charge in [-0.1, -0.05) is 12.1 Å². The maximum Gasteiger partial charge on any atom is 0.362 e. The van der Waals surface area contributed by atoms with Gasteiger partial charge in [-0.2, -0.15) is 5.10 Å². The molecule has 2 heterocycles. The second-order valence-corrected chi connectivity index (χ2v) is 9.06. The molecule has 1 unspecified atom stereocenters. The summed E-state index contributed by atoms with van der Waals surface area (Å²) in [6.45, 7) is 2.72. The lowest BCUT2D eigenvalue weighted by Crippen LogP contribution is -2.41. The van der Waals surface area contributed by atoms with E-state index in [9.17, 15) is 4.57 Å². The molecule has 0 radical (unpaired) electrons. The zero-order valence-corrected chi connectivity index (χ0v) is 16.9. The summed E-state index contributed by atoms with van der Waals surface area (Å²) in [6, 6.07) is 14.0. The summed E-state index contributed by atoms with van der Waals surface area (Å²) >= 11 is 0. The maximum absolute atomic E-state index is 11.0. The van der Waals surface area contributed by atoms with Crippen molar-refractivity contribution in [3.05, 3.63) is 54.2 Å². The highest BCUT2D eigenvalue weighted by molar-refractivity contribution is 7.51. The van der Waals surface area contributed by atoms with E-state index in [0.717, 1.165) is 54.6 Å². The largest absolute Gasteiger partial charge is 0.481 e. The number of anilines is 1.